The van der Waals surface area contributed by atoms with Crippen molar-refractivity contribution in [3.05, 3.63) is 0 Å². The van der Waals surface area contributed by atoms with Crippen LogP contribution >= 0.6 is 0 Å². The van der Waals surface area contributed by atoms with E-state index in [4.69, 9.17) is 8.85 Å². The van der Waals surface area contributed by atoms with E-state index in [0.717, 1.165) is 44.9 Å². The summed E-state index contributed by atoms with van der Waals surface area (Å²) in [5.41, 5.74) is 0. The molecule has 0 radical (unpaired) electrons. The molecule has 3 N–H and O–H groups in total. The van der Waals surface area contributed by atoms with E-state index < -0.39 is 8.56 Å². The third-order valence-corrected chi connectivity index (χ3v) is 6.24. The molecule has 0 aromatic rings. The lowest BCUT2D eigenvalue weighted by Crippen LogP contribution is -2.40. The van der Waals surface area contributed by atoms with Gasteiger partial charge in [0.1, 0.15) is 0 Å². The van der Waals surface area contributed by atoms with E-state index in [1.807, 2.05) is 0 Å². The van der Waals surface area contributed by atoms with E-state index in [1.165, 1.54) is 0 Å². The van der Waals surface area contributed by atoms with E-state index >= 15 is 0 Å². The highest BCUT2D eigenvalue weighted by Crippen LogP contribution is 2.12. The zero-order valence-electron chi connectivity index (χ0n) is 13.4. The number of unbranched alkanes of at least 4 members (excludes halogenated alkanes) is 1. The fourth-order valence-electron chi connectivity index (χ4n) is 1.65. The van der Waals surface area contributed by atoms with Gasteiger partial charge in [-0.2, -0.15) is 0 Å². The Kier molecular flexibility index (Phi) is 11.7. The van der Waals surface area contributed by atoms with Crippen molar-refractivity contribution in [2.75, 3.05) is 40.4 Å². The second-order valence-electron chi connectivity index (χ2n) is 4.93. The third-order valence-electron chi connectivity index (χ3n) is 3.25. The summed E-state index contributed by atoms with van der Waals surface area (Å²) in [6.45, 7) is 7.24. The molecule has 120 valence electrons. The van der Waals surface area contributed by atoms with E-state index in [1.54, 1.807) is 14.2 Å². The molecule has 0 saturated heterocycles. The molecular formula is C13H31N3O3Si. The van der Waals surface area contributed by atoms with Gasteiger partial charge in [0.15, 0.2) is 0 Å². The molecule has 0 aliphatic carbocycles. The van der Waals surface area contributed by atoms with Crippen molar-refractivity contribution in [3.8, 4) is 0 Å². The first-order chi connectivity index (χ1) is 9.58. The number of carbonyl (C=O) groups is 1. The average Bonchev–Trinajstić information content (AvgIpc) is 2.46. The fraction of sp³-hybridized carbons (Fsp3) is 0.923. The summed E-state index contributed by atoms with van der Waals surface area (Å²) >= 11 is 0. The molecule has 0 aliphatic rings. The quantitative estimate of drug-likeness (QED) is 0.377. The summed E-state index contributed by atoms with van der Waals surface area (Å²) in [5, 5.41) is 8.93. The maximum absolute atomic E-state index is 11.3. The Morgan fingerprint density at radius 3 is 2.25 bits per heavy atom. The second-order valence-corrected chi connectivity index (χ2v) is 8.52. The molecule has 6 nitrogen and oxygen atoms in total. The minimum absolute atomic E-state index is 0.0843. The average molecular weight is 305 g/mol. The van der Waals surface area contributed by atoms with Crippen LogP contribution in [0.2, 0.25) is 12.6 Å². The van der Waals surface area contributed by atoms with Crippen LogP contribution in [0.1, 0.15) is 26.2 Å². The number of rotatable bonds is 12. The lowest BCUT2D eigenvalue weighted by Gasteiger charge is -2.22. The zero-order chi connectivity index (χ0) is 15.3. The van der Waals surface area contributed by atoms with Crippen LogP contribution in [-0.4, -0.2) is 55.0 Å². The first kappa shape index (κ1) is 19.4. The molecule has 0 aliphatic heterocycles. The van der Waals surface area contributed by atoms with Crippen LogP contribution in [0.25, 0.3) is 0 Å². The highest BCUT2D eigenvalue weighted by atomic mass is 28.4. The van der Waals surface area contributed by atoms with Gasteiger partial charge in [0, 0.05) is 33.9 Å². The van der Waals surface area contributed by atoms with Gasteiger partial charge in [0.25, 0.3) is 0 Å². The van der Waals surface area contributed by atoms with Crippen LogP contribution < -0.4 is 16.0 Å². The van der Waals surface area contributed by atoms with Gasteiger partial charge < -0.3 is 24.8 Å². The van der Waals surface area contributed by atoms with E-state index in [-0.39, 0.29) is 6.03 Å². The summed E-state index contributed by atoms with van der Waals surface area (Å²) in [7, 11) is 1.50. The molecule has 0 aromatic heterocycles. The summed E-state index contributed by atoms with van der Waals surface area (Å²) in [4.78, 5) is 11.3. The smallest absolute Gasteiger partial charge is 0.334 e. The molecular weight excluding hydrogens is 274 g/mol. The highest BCUT2D eigenvalue weighted by molar-refractivity contribution is 6.65. The maximum atomic E-state index is 11.3. The number of hydrogen-bond acceptors (Lipinski definition) is 4. The Balaban J connectivity index is 3.38. The second kappa shape index (κ2) is 12.1. The first-order valence-electron chi connectivity index (χ1n) is 7.40. The number of amides is 2. The van der Waals surface area contributed by atoms with Gasteiger partial charge in [-0.3, -0.25) is 0 Å². The van der Waals surface area contributed by atoms with E-state index in [2.05, 4.69) is 29.4 Å². The summed E-state index contributed by atoms with van der Waals surface area (Å²) in [6.07, 6.45) is 3.13. The summed E-state index contributed by atoms with van der Waals surface area (Å²) in [6, 6.07) is 0.886. The van der Waals surface area contributed by atoms with Crippen molar-refractivity contribution in [3.63, 3.8) is 0 Å². The van der Waals surface area contributed by atoms with Gasteiger partial charge >= 0.3 is 14.6 Å². The monoisotopic (exact) mass is 305 g/mol. The Morgan fingerprint density at radius 1 is 1.00 bits per heavy atom. The van der Waals surface area contributed by atoms with Crippen LogP contribution in [0.5, 0.6) is 0 Å². The fourth-order valence-corrected chi connectivity index (χ4v) is 3.05. The summed E-state index contributed by atoms with van der Waals surface area (Å²) < 4.78 is 10.8. The summed E-state index contributed by atoms with van der Waals surface area (Å²) in [5.74, 6) is 0. The van der Waals surface area contributed by atoms with Gasteiger partial charge in [0.05, 0.1) is 0 Å². The van der Waals surface area contributed by atoms with Crippen LogP contribution in [0.4, 0.5) is 4.79 Å². The highest BCUT2D eigenvalue weighted by Gasteiger charge is 2.27. The molecule has 20 heavy (non-hydrogen) atoms. The predicted molar refractivity (Wildman–Crippen MR) is 84.2 cm³/mol. The van der Waals surface area contributed by atoms with Crippen LogP contribution in [0.15, 0.2) is 0 Å². The van der Waals surface area contributed by atoms with Gasteiger partial charge in [-0.1, -0.05) is 13.3 Å². The normalized spacial score (nSPS) is 11.4. The molecule has 0 unspecified atom stereocenters. The van der Waals surface area contributed by atoms with Crippen molar-refractivity contribution in [2.24, 2.45) is 0 Å². The van der Waals surface area contributed by atoms with Gasteiger partial charge in [-0.05, 0) is 32.0 Å². The van der Waals surface area contributed by atoms with Gasteiger partial charge in [-0.15, -0.1) is 0 Å². The largest absolute Gasteiger partial charge is 0.398 e. The molecule has 0 spiro atoms. The molecule has 2 amide bonds. The molecule has 0 rings (SSSR count). The Bertz CT molecular complexity index is 251. The van der Waals surface area contributed by atoms with Crippen molar-refractivity contribution >= 4 is 14.6 Å². The number of nitrogens with one attached hydrogen (secondary N) is 3. The Hall–Kier alpha value is -0.633. The van der Waals surface area contributed by atoms with Crippen molar-refractivity contribution < 1.29 is 13.6 Å². The molecule has 0 fully saturated rings. The van der Waals surface area contributed by atoms with Crippen LogP contribution in [-0.2, 0) is 8.85 Å². The SMILES string of the molecule is CCCCNC(=O)NCCNCCC[Si](C)(OC)OC. The Labute approximate surface area is 124 Å². The van der Waals surface area contributed by atoms with Gasteiger partial charge in [-0.25, -0.2) is 4.79 Å². The molecule has 0 aromatic carbocycles. The third kappa shape index (κ3) is 10.2. The standard InChI is InChI=1S/C13H31N3O3Si/c1-5-6-9-15-13(17)16-11-10-14-8-7-12-20(4,18-2)19-3/h14H,5-12H2,1-4H3,(H2,15,16,17). The van der Waals surface area contributed by atoms with Crippen LogP contribution in [0, 0.1) is 0 Å². The van der Waals surface area contributed by atoms with Gasteiger partial charge in [0.2, 0.25) is 0 Å². The first-order valence-corrected chi connectivity index (χ1v) is 9.93. The molecule has 0 saturated carbocycles. The number of carbonyl (C=O) groups excluding carboxylic acids is 1. The number of urea groups is 1. The predicted octanol–water partition coefficient (Wildman–Crippen LogP) is 1.43. The molecule has 0 atom stereocenters. The lowest BCUT2D eigenvalue weighted by atomic mass is 10.3. The van der Waals surface area contributed by atoms with Crippen molar-refractivity contribution in [2.45, 2.75) is 38.8 Å². The lowest BCUT2D eigenvalue weighted by molar-refractivity contribution is 0.240. The molecule has 0 bridgehead atoms. The molecule has 0 heterocycles. The number of hydrogen-bond donors (Lipinski definition) is 3. The zero-order valence-corrected chi connectivity index (χ0v) is 14.4. The van der Waals surface area contributed by atoms with E-state index in [0.29, 0.717) is 6.54 Å². The van der Waals surface area contributed by atoms with E-state index in [9.17, 15) is 4.79 Å². The maximum Gasteiger partial charge on any atom is 0.334 e. The van der Waals surface area contributed by atoms with Crippen LogP contribution in [0.3, 0.4) is 0 Å². The Morgan fingerprint density at radius 2 is 1.65 bits per heavy atom. The minimum Gasteiger partial charge on any atom is -0.398 e. The van der Waals surface area contributed by atoms with Crippen molar-refractivity contribution in [1.29, 1.82) is 0 Å². The van der Waals surface area contributed by atoms with Crippen molar-refractivity contribution in [1.82, 2.24) is 16.0 Å². The molecule has 7 heteroatoms. The topological polar surface area (TPSA) is 71.6 Å². The minimum atomic E-state index is -1.92.